The lowest BCUT2D eigenvalue weighted by Gasteiger charge is -2.32. The average Bonchev–Trinajstić information content (AvgIpc) is 3.56. The zero-order valence-corrected chi connectivity index (χ0v) is 24.0. The first-order valence-electron chi connectivity index (χ1n) is 13.2. The topological polar surface area (TPSA) is 159 Å². The second-order valence-electron chi connectivity index (χ2n) is 11.3. The van der Waals surface area contributed by atoms with E-state index < -0.39 is 15.9 Å². The van der Waals surface area contributed by atoms with Crippen LogP contribution in [-0.4, -0.2) is 65.0 Å². The van der Waals surface area contributed by atoms with Gasteiger partial charge < -0.3 is 14.7 Å². The zero-order chi connectivity index (χ0) is 28.7. The Kier molecular flexibility index (Phi) is 7.36. The Labute approximate surface area is 233 Å². The molecule has 1 unspecified atom stereocenters. The molecule has 40 heavy (non-hydrogen) atoms. The number of nitrogens with zero attached hydrogens (tertiary/aromatic N) is 5. The summed E-state index contributed by atoms with van der Waals surface area (Å²) in [6.45, 7) is 9.11. The van der Waals surface area contributed by atoms with Crippen molar-refractivity contribution in [2.24, 2.45) is 0 Å². The van der Waals surface area contributed by atoms with Gasteiger partial charge >= 0.3 is 11.8 Å². The van der Waals surface area contributed by atoms with Gasteiger partial charge in [0.1, 0.15) is 0 Å². The Morgan fingerprint density at radius 1 is 1.15 bits per heavy atom. The fourth-order valence-electron chi connectivity index (χ4n) is 4.83. The van der Waals surface area contributed by atoms with Gasteiger partial charge in [0.2, 0.25) is 10.0 Å². The van der Waals surface area contributed by atoms with Gasteiger partial charge in [0.05, 0.1) is 17.7 Å². The highest BCUT2D eigenvalue weighted by Gasteiger charge is 2.26. The lowest BCUT2D eigenvalue weighted by atomic mass is 9.96. The van der Waals surface area contributed by atoms with Crippen molar-refractivity contribution in [2.75, 3.05) is 24.2 Å². The van der Waals surface area contributed by atoms with Crippen molar-refractivity contribution in [3.63, 3.8) is 0 Å². The van der Waals surface area contributed by atoms with Gasteiger partial charge in [-0.1, -0.05) is 50.2 Å². The number of nitrogens with one attached hydrogen (secondary N) is 3. The van der Waals surface area contributed by atoms with Gasteiger partial charge in [-0.25, -0.2) is 18.1 Å². The lowest BCUT2D eigenvalue weighted by molar-refractivity contribution is 0.0895. The molecule has 4 aromatic rings. The SMILES string of the molecule is CC(NC(=O)c1nc(C(C)(C)C)no1)c1ccc(-c2ccnc3[nH]nc(N4CCC(NS(C)(=O)=O)CC4)c23)cc1. The van der Waals surface area contributed by atoms with Crippen LogP contribution in [0.4, 0.5) is 5.82 Å². The summed E-state index contributed by atoms with van der Waals surface area (Å²) in [5.41, 5.74) is 3.25. The van der Waals surface area contributed by atoms with Gasteiger partial charge in [0, 0.05) is 30.7 Å². The molecular weight excluding hydrogens is 532 g/mol. The summed E-state index contributed by atoms with van der Waals surface area (Å²) in [6, 6.07) is 9.57. The number of benzene rings is 1. The number of H-pyrrole nitrogens is 1. The molecule has 1 aliphatic heterocycles. The Balaban J connectivity index is 1.32. The number of sulfonamides is 1. The summed E-state index contributed by atoms with van der Waals surface area (Å²) >= 11 is 0. The van der Waals surface area contributed by atoms with E-state index in [9.17, 15) is 13.2 Å². The molecule has 0 spiro atoms. The van der Waals surface area contributed by atoms with Crippen molar-refractivity contribution in [2.45, 2.75) is 58.0 Å². The second-order valence-corrected chi connectivity index (χ2v) is 13.1. The molecule has 0 saturated carbocycles. The molecule has 13 heteroatoms. The van der Waals surface area contributed by atoms with Gasteiger partial charge in [0.15, 0.2) is 17.3 Å². The van der Waals surface area contributed by atoms with Gasteiger partial charge in [-0.05, 0) is 42.5 Å². The van der Waals surface area contributed by atoms with E-state index in [2.05, 4.69) is 40.3 Å². The maximum absolute atomic E-state index is 12.7. The molecule has 0 radical (unpaired) electrons. The van der Waals surface area contributed by atoms with Crippen molar-refractivity contribution in [1.82, 2.24) is 35.4 Å². The number of hydrogen-bond acceptors (Lipinski definition) is 9. The lowest BCUT2D eigenvalue weighted by Crippen LogP contribution is -2.44. The number of anilines is 1. The van der Waals surface area contributed by atoms with Crippen LogP contribution in [0.2, 0.25) is 0 Å². The molecule has 1 fully saturated rings. The quantitative estimate of drug-likeness (QED) is 0.305. The number of fused-ring (bicyclic) bond motifs is 1. The number of aromatic nitrogens is 5. The molecule has 4 heterocycles. The van der Waals surface area contributed by atoms with Crippen LogP contribution in [0.25, 0.3) is 22.2 Å². The molecule has 3 aromatic heterocycles. The number of carbonyl (C=O) groups is 1. The highest BCUT2D eigenvalue weighted by Crippen LogP contribution is 2.35. The van der Waals surface area contributed by atoms with Crippen LogP contribution in [0.5, 0.6) is 0 Å². The monoisotopic (exact) mass is 566 g/mol. The molecule has 5 rings (SSSR count). The molecule has 1 amide bonds. The van der Waals surface area contributed by atoms with Gasteiger partial charge in [-0.3, -0.25) is 9.89 Å². The number of hydrogen-bond donors (Lipinski definition) is 3. The number of pyridine rings is 1. The predicted octanol–water partition coefficient (Wildman–Crippen LogP) is 3.31. The minimum atomic E-state index is -3.24. The maximum atomic E-state index is 12.7. The van der Waals surface area contributed by atoms with Crippen LogP contribution in [0.3, 0.4) is 0 Å². The molecular formula is C27H34N8O4S. The number of carbonyl (C=O) groups excluding carboxylic acids is 1. The molecule has 1 atom stereocenters. The predicted molar refractivity (Wildman–Crippen MR) is 151 cm³/mol. The van der Waals surface area contributed by atoms with Crippen molar-refractivity contribution < 1.29 is 17.7 Å². The summed E-state index contributed by atoms with van der Waals surface area (Å²) in [6.07, 6.45) is 4.32. The fourth-order valence-corrected chi connectivity index (χ4v) is 5.67. The van der Waals surface area contributed by atoms with E-state index >= 15 is 0 Å². The summed E-state index contributed by atoms with van der Waals surface area (Å²) < 4.78 is 31.1. The second kappa shape index (κ2) is 10.6. The van der Waals surface area contributed by atoms with Crippen LogP contribution in [0.1, 0.15) is 68.7 Å². The average molecular weight is 567 g/mol. The van der Waals surface area contributed by atoms with Crippen LogP contribution in [-0.2, 0) is 15.4 Å². The normalized spacial score (nSPS) is 15.9. The fraction of sp³-hybridized carbons (Fsp3) is 0.444. The third-order valence-electron chi connectivity index (χ3n) is 6.98. The third-order valence-corrected chi connectivity index (χ3v) is 7.74. The van der Waals surface area contributed by atoms with Crippen molar-refractivity contribution >= 4 is 32.8 Å². The maximum Gasteiger partial charge on any atom is 0.315 e. The molecule has 1 aliphatic rings. The Bertz CT molecular complexity index is 1610. The summed E-state index contributed by atoms with van der Waals surface area (Å²) in [5.74, 6) is 0.798. The van der Waals surface area contributed by atoms with Crippen molar-refractivity contribution in [3.8, 4) is 11.1 Å². The van der Waals surface area contributed by atoms with Crippen LogP contribution in [0.15, 0.2) is 41.1 Å². The van der Waals surface area contributed by atoms with Crippen LogP contribution >= 0.6 is 0 Å². The molecule has 1 saturated heterocycles. The molecule has 0 aliphatic carbocycles. The first kappa shape index (κ1) is 27.7. The molecule has 12 nitrogen and oxygen atoms in total. The van der Waals surface area contributed by atoms with Crippen LogP contribution in [0, 0.1) is 0 Å². The Morgan fingerprint density at radius 2 is 1.85 bits per heavy atom. The highest BCUT2D eigenvalue weighted by atomic mass is 32.2. The van der Waals surface area contributed by atoms with E-state index in [0.717, 1.165) is 27.9 Å². The molecule has 3 N–H and O–H groups in total. The first-order chi connectivity index (χ1) is 18.9. The Hall–Kier alpha value is -3.84. The molecule has 0 bridgehead atoms. The minimum Gasteiger partial charge on any atom is -0.354 e. The minimum absolute atomic E-state index is 0.0591. The van der Waals surface area contributed by atoms with E-state index in [4.69, 9.17) is 4.52 Å². The van der Waals surface area contributed by atoms with E-state index in [1.807, 2.05) is 58.0 Å². The number of amides is 1. The van der Waals surface area contributed by atoms with Gasteiger partial charge in [-0.15, -0.1) is 0 Å². The number of rotatable bonds is 7. The summed E-state index contributed by atoms with van der Waals surface area (Å²) in [5, 5.41) is 15.4. The largest absolute Gasteiger partial charge is 0.354 e. The van der Waals surface area contributed by atoms with Crippen molar-refractivity contribution in [1.29, 1.82) is 0 Å². The van der Waals surface area contributed by atoms with Gasteiger partial charge in [0.25, 0.3) is 0 Å². The number of aromatic amines is 1. The zero-order valence-electron chi connectivity index (χ0n) is 23.2. The highest BCUT2D eigenvalue weighted by molar-refractivity contribution is 7.88. The summed E-state index contributed by atoms with van der Waals surface area (Å²) in [7, 11) is -3.24. The third kappa shape index (κ3) is 5.99. The van der Waals surface area contributed by atoms with E-state index in [-0.39, 0.29) is 23.4 Å². The first-order valence-corrected chi connectivity index (χ1v) is 15.1. The van der Waals surface area contributed by atoms with Crippen LogP contribution < -0.4 is 14.9 Å². The van der Waals surface area contributed by atoms with E-state index in [1.54, 1.807) is 6.20 Å². The van der Waals surface area contributed by atoms with E-state index in [1.165, 1.54) is 6.26 Å². The van der Waals surface area contributed by atoms with E-state index in [0.29, 0.717) is 37.4 Å². The Morgan fingerprint density at radius 3 is 2.48 bits per heavy atom. The van der Waals surface area contributed by atoms with Gasteiger partial charge in [-0.2, -0.15) is 10.1 Å². The molecule has 1 aromatic carbocycles. The molecule has 212 valence electrons. The summed E-state index contributed by atoms with van der Waals surface area (Å²) in [4.78, 5) is 23.6. The van der Waals surface area contributed by atoms with Crippen molar-refractivity contribution in [3.05, 3.63) is 53.8 Å². The smallest absolute Gasteiger partial charge is 0.315 e. The number of piperidine rings is 1. The standard InChI is InChI=1S/C27H34N8O4S/c1-16(29-24(36)25-30-26(33-39-25)27(2,3)4)17-6-8-18(9-7-17)20-10-13-28-22-21(20)23(32-31-22)35-14-11-19(12-15-35)34-40(5,37)38/h6-10,13,16,19,34H,11-12,14-15H2,1-5H3,(H,29,36)(H,28,31,32).